The molecule has 1 aliphatic heterocycles. The zero-order chi connectivity index (χ0) is 31.9. The number of fused-ring (bicyclic) bond motifs is 2. The number of anilines is 3. The molecule has 2 amide bonds. The summed E-state index contributed by atoms with van der Waals surface area (Å²) in [7, 11) is 1.92. The zero-order valence-corrected chi connectivity index (χ0v) is 27.0. The molecule has 0 spiro atoms. The summed E-state index contributed by atoms with van der Waals surface area (Å²) in [4.78, 5) is 37.7. The Balaban J connectivity index is 1.16. The number of pyridine rings is 1. The first-order valence-electron chi connectivity index (χ1n) is 15.7. The number of imidazole rings is 1. The van der Waals surface area contributed by atoms with Crippen molar-refractivity contribution < 1.29 is 9.59 Å². The molecule has 0 radical (unpaired) electrons. The van der Waals surface area contributed by atoms with E-state index in [1.165, 1.54) is 31.2 Å². The summed E-state index contributed by atoms with van der Waals surface area (Å²) >= 11 is 13.4. The number of carbonyl (C=O) groups excluding carboxylic acids is 2. The van der Waals surface area contributed by atoms with Crippen LogP contribution in [0.2, 0.25) is 10.0 Å². The summed E-state index contributed by atoms with van der Waals surface area (Å²) in [5.74, 6) is 1.47. The predicted molar refractivity (Wildman–Crippen MR) is 179 cm³/mol. The van der Waals surface area contributed by atoms with Gasteiger partial charge in [0.1, 0.15) is 5.69 Å². The molecule has 3 heterocycles. The largest absolute Gasteiger partial charge is 0.370 e. The van der Waals surface area contributed by atoms with E-state index >= 15 is 0 Å². The van der Waals surface area contributed by atoms with Crippen molar-refractivity contribution >= 4 is 63.4 Å². The number of nitrogens with zero attached hydrogens (tertiary/aromatic N) is 5. The molecule has 2 aromatic heterocycles. The minimum atomic E-state index is -0.428. The lowest BCUT2D eigenvalue weighted by atomic mass is 9.95. The highest BCUT2D eigenvalue weighted by atomic mass is 35.5. The molecule has 2 unspecified atom stereocenters. The fourth-order valence-electron chi connectivity index (χ4n) is 6.74. The first kappa shape index (κ1) is 30.3. The summed E-state index contributed by atoms with van der Waals surface area (Å²) in [6, 6.07) is 12.6. The fraction of sp³-hybridized carbons (Fsp3) is 0.382. The standard InChI is InChI=1S/C34H34Cl2N8O2/c1-43-29-14-28(44-17-21-12-22(21)18-44)24(32(45)40-23-5-3-2-4-6-23)13-26(29)41-34(43)42-31-25(35)8-7-20(30(31)36)16-39-33(46)27-11-19(15-37)9-10-38-27/h7-11,13-14,21-23H,2-6,12,16-18H2,1H3,(H,39,46)(H,40,45)(H,41,42). The van der Waals surface area contributed by atoms with E-state index in [1.807, 2.05) is 23.8 Å². The molecule has 236 valence electrons. The van der Waals surface area contributed by atoms with Gasteiger partial charge in [-0.1, -0.05) is 48.5 Å². The first-order valence-corrected chi connectivity index (χ1v) is 16.5. The van der Waals surface area contributed by atoms with Gasteiger partial charge in [-0.25, -0.2) is 4.98 Å². The SMILES string of the molecule is Cn1c(Nc2c(Cl)ccc(CNC(=O)c3cc(C#N)ccn3)c2Cl)nc2cc(C(=O)NC3CCCCC3)c(N3CC4CC4C3)cc21. The van der Waals surface area contributed by atoms with Crippen molar-refractivity contribution in [3.63, 3.8) is 0 Å². The molecule has 2 atom stereocenters. The molecule has 46 heavy (non-hydrogen) atoms. The van der Waals surface area contributed by atoms with Crippen LogP contribution in [0.1, 0.15) is 70.5 Å². The van der Waals surface area contributed by atoms with Crippen LogP contribution in [0.3, 0.4) is 0 Å². The van der Waals surface area contributed by atoms with E-state index in [0.29, 0.717) is 55.7 Å². The molecule has 12 heteroatoms. The molecule has 1 saturated heterocycles. The number of carbonyl (C=O) groups is 2. The topological polar surface area (TPSA) is 128 Å². The highest BCUT2D eigenvalue weighted by molar-refractivity contribution is 6.39. The monoisotopic (exact) mass is 656 g/mol. The van der Waals surface area contributed by atoms with Crippen LogP contribution in [-0.4, -0.2) is 45.5 Å². The van der Waals surface area contributed by atoms with Gasteiger partial charge in [0.25, 0.3) is 11.8 Å². The molecule has 4 aromatic rings. The quantitative estimate of drug-likeness (QED) is 0.202. The number of nitrogens with one attached hydrogen (secondary N) is 3. The summed E-state index contributed by atoms with van der Waals surface area (Å²) in [6.45, 7) is 2.06. The number of hydrogen-bond donors (Lipinski definition) is 3. The number of piperidine rings is 1. The Labute approximate surface area is 277 Å². The lowest BCUT2D eigenvalue weighted by Crippen LogP contribution is -2.37. The minimum absolute atomic E-state index is 0.0417. The molecule has 10 nitrogen and oxygen atoms in total. The molecule has 7 rings (SSSR count). The van der Waals surface area contributed by atoms with Crippen LogP contribution in [0, 0.1) is 23.2 Å². The first-order chi connectivity index (χ1) is 22.3. The molecular formula is C34H34Cl2N8O2. The minimum Gasteiger partial charge on any atom is -0.370 e. The number of rotatable bonds is 8. The summed E-state index contributed by atoms with van der Waals surface area (Å²) < 4.78 is 1.94. The van der Waals surface area contributed by atoms with Gasteiger partial charge in [-0.15, -0.1) is 0 Å². The second kappa shape index (κ2) is 12.5. The predicted octanol–water partition coefficient (Wildman–Crippen LogP) is 6.34. The van der Waals surface area contributed by atoms with Gasteiger partial charge < -0.3 is 25.4 Å². The van der Waals surface area contributed by atoms with Crippen molar-refractivity contribution in [2.24, 2.45) is 18.9 Å². The highest BCUT2D eigenvalue weighted by Crippen LogP contribution is 2.47. The molecule has 0 bridgehead atoms. The number of amides is 2. The van der Waals surface area contributed by atoms with Gasteiger partial charge in [0.15, 0.2) is 0 Å². The smallest absolute Gasteiger partial charge is 0.270 e. The molecule has 2 aromatic carbocycles. The van der Waals surface area contributed by atoms with E-state index in [2.05, 4.69) is 31.9 Å². The lowest BCUT2D eigenvalue weighted by molar-refractivity contribution is 0.0925. The Morgan fingerprint density at radius 2 is 1.83 bits per heavy atom. The van der Waals surface area contributed by atoms with Crippen molar-refractivity contribution in [1.29, 1.82) is 5.26 Å². The number of hydrogen-bond acceptors (Lipinski definition) is 7. The Morgan fingerprint density at radius 1 is 1.04 bits per heavy atom. The van der Waals surface area contributed by atoms with E-state index in [4.69, 9.17) is 33.4 Å². The molecular weight excluding hydrogens is 623 g/mol. The highest BCUT2D eigenvalue weighted by Gasteiger charge is 2.45. The van der Waals surface area contributed by atoms with Crippen LogP contribution in [0.25, 0.3) is 11.0 Å². The third kappa shape index (κ3) is 5.97. The Morgan fingerprint density at radius 3 is 2.59 bits per heavy atom. The van der Waals surface area contributed by atoms with E-state index in [9.17, 15) is 9.59 Å². The van der Waals surface area contributed by atoms with Crippen LogP contribution in [-0.2, 0) is 13.6 Å². The van der Waals surface area contributed by atoms with Crippen LogP contribution in [0.15, 0.2) is 42.6 Å². The van der Waals surface area contributed by atoms with Crippen LogP contribution in [0.4, 0.5) is 17.3 Å². The number of aromatic nitrogens is 3. The van der Waals surface area contributed by atoms with Crippen LogP contribution in [0.5, 0.6) is 0 Å². The van der Waals surface area contributed by atoms with Gasteiger partial charge in [0, 0.05) is 38.9 Å². The summed E-state index contributed by atoms with van der Waals surface area (Å²) in [6.07, 6.45) is 8.25. The molecule has 3 fully saturated rings. The third-order valence-corrected chi connectivity index (χ3v) is 10.2. The lowest BCUT2D eigenvalue weighted by Gasteiger charge is -2.26. The van der Waals surface area contributed by atoms with E-state index < -0.39 is 5.91 Å². The Bertz CT molecular complexity index is 1880. The maximum Gasteiger partial charge on any atom is 0.270 e. The number of aryl methyl sites for hydroxylation is 1. The molecule has 2 saturated carbocycles. The summed E-state index contributed by atoms with van der Waals surface area (Å²) in [5.41, 5.74) is 4.75. The van der Waals surface area contributed by atoms with Crippen LogP contribution >= 0.6 is 23.2 Å². The van der Waals surface area contributed by atoms with Gasteiger partial charge in [0.2, 0.25) is 5.95 Å². The number of halogens is 2. The van der Waals surface area contributed by atoms with Crippen molar-refractivity contribution in [1.82, 2.24) is 25.2 Å². The van der Waals surface area contributed by atoms with Crippen molar-refractivity contribution in [2.75, 3.05) is 23.3 Å². The van der Waals surface area contributed by atoms with Crippen molar-refractivity contribution in [3.8, 4) is 6.07 Å². The van der Waals surface area contributed by atoms with Gasteiger partial charge in [-0.05, 0) is 67.0 Å². The maximum atomic E-state index is 13.7. The third-order valence-electron chi connectivity index (χ3n) is 9.47. The van der Waals surface area contributed by atoms with Crippen molar-refractivity contribution in [2.45, 2.75) is 51.1 Å². The average molecular weight is 658 g/mol. The number of nitriles is 1. The maximum absolute atomic E-state index is 13.7. The van der Waals surface area contributed by atoms with Gasteiger partial charge in [-0.3, -0.25) is 14.6 Å². The second-order valence-corrected chi connectivity index (χ2v) is 13.4. The van der Waals surface area contributed by atoms with E-state index in [-0.39, 0.29) is 24.2 Å². The summed E-state index contributed by atoms with van der Waals surface area (Å²) in [5, 5.41) is 19.3. The Kier molecular flexibility index (Phi) is 8.22. The normalized spacial score (nSPS) is 19.0. The van der Waals surface area contributed by atoms with Crippen molar-refractivity contribution in [3.05, 3.63) is 75.0 Å². The van der Waals surface area contributed by atoms with E-state index in [1.54, 1.807) is 12.1 Å². The van der Waals surface area contributed by atoms with Gasteiger partial charge >= 0.3 is 0 Å². The number of benzene rings is 2. The fourth-order valence-corrected chi connectivity index (χ4v) is 7.27. The molecule has 2 aliphatic carbocycles. The molecule has 3 N–H and O–H groups in total. The van der Waals surface area contributed by atoms with Crippen LogP contribution < -0.4 is 20.9 Å². The average Bonchev–Trinajstić information content (AvgIpc) is 3.56. The van der Waals surface area contributed by atoms with Gasteiger partial charge in [0.05, 0.1) is 49.6 Å². The zero-order valence-electron chi connectivity index (χ0n) is 25.4. The Hall–Kier alpha value is -4.33. The second-order valence-electron chi connectivity index (χ2n) is 12.6. The molecule has 3 aliphatic rings. The van der Waals surface area contributed by atoms with Gasteiger partial charge in [-0.2, -0.15) is 5.26 Å². The van der Waals surface area contributed by atoms with E-state index in [0.717, 1.165) is 50.0 Å².